The van der Waals surface area contributed by atoms with Gasteiger partial charge in [-0.15, -0.1) is 11.3 Å². The Labute approximate surface area is 168 Å². The number of rotatable bonds is 5. The Morgan fingerprint density at radius 1 is 1.26 bits per heavy atom. The van der Waals surface area contributed by atoms with E-state index in [1.165, 1.54) is 11.3 Å². The van der Waals surface area contributed by atoms with Crippen LogP contribution in [0, 0.1) is 0 Å². The van der Waals surface area contributed by atoms with Gasteiger partial charge in [0.15, 0.2) is 0 Å². The summed E-state index contributed by atoms with van der Waals surface area (Å²) in [6.45, 7) is 3.16. The van der Waals surface area contributed by atoms with Gasteiger partial charge in [0.2, 0.25) is 0 Å². The van der Waals surface area contributed by atoms with Crippen molar-refractivity contribution in [1.82, 2.24) is 14.9 Å². The van der Waals surface area contributed by atoms with E-state index >= 15 is 0 Å². The molecule has 1 atom stereocenters. The zero-order valence-electron chi connectivity index (χ0n) is 15.5. The van der Waals surface area contributed by atoms with E-state index in [9.17, 15) is 0 Å². The van der Waals surface area contributed by atoms with Crippen LogP contribution < -0.4 is 4.90 Å². The van der Waals surface area contributed by atoms with Crippen molar-refractivity contribution in [1.29, 1.82) is 0 Å². The van der Waals surface area contributed by atoms with Crippen LogP contribution in [0.4, 0.5) is 5.69 Å². The fraction of sp³-hybridized carbons (Fsp3) is 0.350. The van der Waals surface area contributed by atoms with E-state index in [2.05, 4.69) is 58.1 Å². The average Bonchev–Trinajstić information content (AvgIpc) is 3.32. The van der Waals surface area contributed by atoms with Crippen LogP contribution in [0.3, 0.4) is 0 Å². The first-order valence-electron chi connectivity index (χ1n) is 8.99. The first-order valence-corrected chi connectivity index (χ1v) is 10.2. The third-order valence-electron chi connectivity index (χ3n) is 4.83. The van der Waals surface area contributed by atoms with Gasteiger partial charge in [-0.1, -0.05) is 23.7 Å². The molecule has 3 aromatic rings. The maximum Gasteiger partial charge on any atom is 0.126 e. The first kappa shape index (κ1) is 18.5. The normalized spacial score (nSPS) is 18.0. The number of morpholine rings is 1. The van der Waals surface area contributed by atoms with Crippen molar-refractivity contribution < 1.29 is 4.74 Å². The molecule has 5 nitrogen and oxygen atoms in total. The molecule has 7 heteroatoms. The summed E-state index contributed by atoms with van der Waals surface area (Å²) in [6.07, 6.45) is 1.89. The monoisotopic (exact) mass is 402 g/mol. The van der Waals surface area contributed by atoms with Gasteiger partial charge in [-0.2, -0.15) is 0 Å². The Morgan fingerprint density at radius 2 is 2.07 bits per heavy atom. The van der Waals surface area contributed by atoms with Gasteiger partial charge < -0.3 is 14.6 Å². The molecule has 4 rings (SSSR count). The van der Waals surface area contributed by atoms with Crippen molar-refractivity contribution >= 4 is 28.6 Å². The van der Waals surface area contributed by atoms with Crippen molar-refractivity contribution in [3.8, 4) is 10.6 Å². The lowest BCUT2D eigenvalue weighted by atomic mass is 10.1. The van der Waals surface area contributed by atoms with Gasteiger partial charge in [-0.25, -0.2) is 4.98 Å². The number of H-pyrrole nitrogens is 1. The topological polar surface area (TPSA) is 44.4 Å². The highest BCUT2D eigenvalue weighted by atomic mass is 35.5. The number of ether oxygens (including phenoxy) is 1. The van der Waals surface area contributed by atoms with Gasteiger partial charge in [0.25, 0.3) is 0 Å². The smallest absolute Gasteiger partial charge is 0.126 e. The largest absolute Gasteiger partial charge is 0.378 e. The number of hydrogen-bond donors (Lipinski definition) is 1. The van der Waals surface area contributed by atoms with Crippen molar-refractivity contribution in [2.45, 2.75) is 12.6 Å². The Bertz CT molecular complexity index is 890. The van der Waals surface area contributed by atoms with Crippen molar-refractivity contribution in [2.24, 2.45) is 0 Å². The molecule has 2 aromatic heterocycles. The van der Waals surface area contributed by atoms with E-state index in [0.717, 1.165) is 40.4 Å². The zero-order valence-corrected chi connectivity index (χ0v) is 17.1. The zero-order chi connectivity index (χ0) is 18.8. The number of benzene rings is 1. The molecule has 1 aliphatic rings. The van der Waals surface area contributed by atoms with Crippen LogP contribution in [0.2, 0.25) is 4.34 Å². The number of thiophene rings is 1. The number of imidazole rings is 1. The molecule has 0 radical (unpaired) electrons. The molecular formula is C20H23ClN4OS. The molecule has 0 spiro atoms. The number of aromatic nitrogens is 2. The maximum atomic E-state index is 6.06. The Hall–Kier alpha value is -1.86. The van der Waals surface area contributed by atoms with E-state index in [1.54, 1.807) is 11.3 Å². The summed E-state index contributed by atoms with van der Waals surface area (Å²) < 4.78 is 6.53. The minimum absolute atomic E-state index is 0.122. The third kappa shape index (κ3) is 4.19. The van der Waals surface area contributed by atoms with Crippen molar-refractivity contribution in [3.05, 3.63) is 58.3 Å². The van der Waals surface area contributed by atoms with Gasteiger partial charge >= 0.3 is 0 Å². The summed E-state index contributed by atoms with van der Waals surface area (Å²) in [5.41, 5.74) is 3.51. The summed E-state index contributed by atoms with van der Waals surface area (Å²) in [6, 6.07) is 12.8. The van der Waals surface area contributed by atoms with Crippen LogP contribution >= 0.6 is 22.9 Å². The van der Waals surface area contributed by atoms with Gasteiger partial charge in [0.05, 0.1) is 40.4 Å². The fourth-order valence-corrected chi connectivity index (χ4v) is 4.31. The number of anilines is 1. The molecule has 1 aromatic carbocycles. The molecular weight excluding hydrogens is 380 g/mol. The second-order valence-electron chi connectivity index (χ2n) is 6.91. The minimum Gasteiger partial charge on any atom is -0.378 e. The number of nitrogens with one attached hydrogen (secondary N) is 1. The highest BCUT2D eigenvalue weighted by molar-refractivity contribution is 7.19. The van der Waals surface area contributed by atoms with E-state index in [4.69, 9.17) is 16.3 Å². The molecule has 27 heavy (non-hydrogen) atoms. The van der Waals surface area contributed by atoms with E-state index < -0.39 is 0 Å². The molecule has 1 N–H and O–H groups in total. The average molecular weight is 403 g/mol. The number of aromatic amines is 1. The van der Waals surface area contributed by atoms with Gasteiger partial charge in [0, 0.05) is 32.9 Å². The molecule has 1 aliphatic heterocycles. The highest BCUT2D eigenvalue weighted by Crippen LogP contribution is 2.32. The molecule has 0 bridgehead atoms. The summed E-state index contributed by atoms with van der Waals surface area (Å²) in [5, 5.41) is 0. The number of halogens is 1. The molecule has 1 saturated heterocycles. The number of hydrogen-bond acceptors (Lipinski definition) is 5. The van der Waals surface area contributed by atoms with Gasteiger partial charge in [-0.05, 0) is 29.8 Å². The molecule has 0 amide bonds. The van der Waals surface area contributed by atoms with Crippen molar-refractivity contribution in [3.63, 3.8) is 0 Å². The molecule has 0 saturated carbocycles. The minimum atomic E-state index is 0.122. The van der Waals surface area contributed by atoms with Crippen LogP contribution in [-0.4, -0.2) is 48.7 Å². The summed E-state index contributed by atoms with van der Waals surface area (Å²) in [5.74, 6) is 0.944. The second-order valence-corrected chi connectivity index (χ2v) is 8.62. The summed E-state index contributed by atoms with van der Waals surface area (Å²) >= 11 is 7.62. The SMILES string of the molecule is CN(C)c1ccc(CN2CCOCC2c2ncc(-c3ccc(Cl)s3)[nH]2)cc1. The highest BCUT2D eigenvalue weighted by Gasteiger charge is 2.27. The van der Waals surface area contributed by atoms with Crippen LogP contribution in [0.5, 0.6) is 0 Å². The van der Waals surface area contributed by atoms with Crippen LogP contribution in [-0.2, 0) is 11.3 Å². The molecule has 3 heterocycles. The predicted molar refractivity (Wildman–Crippen MR) is 112 cm³/mol. The van der Waals surface area contributed by atoms with Crippen LogP contribution in [0.1, 0.15) is 17.4 Å². The lowest BCUT2D eigenvalue weighted by Gasteiger charge is -2.34. The number of nitrogens with zero attached hydrogens (tertiary/aromatic N) is 3. The van der Waals surface area contributed by atoms with E-state index in [0.29, 0.717) is 6.61 Å². The first-order chi connectivity index (χ1) is 13.1. The second kappa shape index (κ2) is 8.02. The Kier molecular flexibility index (Phi) is 5.50. The fourth-order valence-electron chi connectivity index (χ4n) is 3.30. The lowest BCUT2D eigenvalue weighted by molar-refractivity contribution is -0.0156. The quantitative estimate of drug-likeness (QED) is 0.685. The Balaban J connectivity index is 1.51. The van der Waals surface area contributed by atoms with Gasteiger partial charge in [-0.3, -0.25) is 4.90 Å². The van der Waals surface area contributed by atoms with Crippen molar-refractivity contribution in [2.75, 3.05) is 38.8 Å². The maximum absolute atomic E-state index is 6.06. The summed E-state index contributed by atoms with van der Waals surface area (Å²) in [7, 11) is 4.12. The predicted octanol–water partition coefficient (Wildman–Crippen LogP) is 4.43. The van der Waals surface area contributed by atoms with Crippen LogP contribution in [0.25, 0.3) is 10.6 Å². The molecule has 0 aliphatic carbocycles. The van der Waals surface area contributed by atoms with E-state index in [-0.39, 0.29) is 6.04 Å². The van der Waals surface area contributed by atoms with Gasteiger partial charge in [0.1, 0.15) is 5.82 Å². The van der Waals surface area contributed by atoms with E-state index in [1.807, 2.05) is 18.3 Å². The standard InChI is InChI=1S/C20H23ClN4OS/c1-24(2)15-5-3-14(4-6-15)12-25-9-10-26-13-17(25)20-22-11-16(23-20)18-7-8-19(21)27-18/h3-8,11,17H,9-10,12-13H2,1-2H3,(H,22,23). The lowest BCUT2D eigenvalue weighted by Crippen LogP contribution is -2.39. The molecule has 1 unspecified atom stereocenters. The summed E-state index contributed by atoms with van der Waals surface area (Å²) in [4.78, 5) is 13.7. The third-order valence-corrected chi connectivity index (χ3v) is 6.09. The molecule has 142 valence electrons. The van der Waals surface area contributed by atoms with Crippen LogP contribution in [0.15, 0.2) is 42.6 Å². The molecule has 1 fully saturated rings. The Morgan fingerprint density at radius 3 is 2.78 bits per heavy atom.